The van der Waals surface area contributed by atoms with E-state index in [1.807, 2.05) is 0 Å². The van der Waals surface area contributed by atoms with Crippen molar-refractivity contribution in [3.63, 3.8) is 0 Å². The van der Waals surface area contributed by atoms with E-state index in [4.69, 9.17) is 15.1 Å². The van der Waals surface area contributed by atoms with Crippen molar-refractivity contribution in [1.29, 1.82) is 0 Å². The summed E-state index contributed by atoms with van der Waals surface area (Å²) < 4.78 is 0. The van der Waals surface area contributed by atoms with Crippen molar-refractivity contribution in [2.24, 2.45) is 0 Å². The zero-order valence-electron chi connectivity index (χ0n) is 3.30. The maximum Gasteiger partial charge on any atom is 3.00 e. The second kappa shape index (κ2) is 15.9. The molecule has 7 heavy (non-hydrogen) atoms. The summed E-state index contributed by atoms with van der Waals surface area (Å²) in [6.45, 7) is 0. The fourth-order valence-corrected chi connectivity index (χ4v) is 0. The van der Waals surface area contributed by atoms with E-state index in [2.05, 4.69) is 0 Å². The minimum Gasteiger partial charge on any atom is -0.907 e. The van der Waals surface area contributed by atoms with Gasteiger partial charge in [0, 0.05) is 0 Å². The van der Waals surface area contributed by atoms with Gasteiger partial charge >= 0.3 is 92.6 Å². The minimum absolute atomic E-state index is 0. The smallest absolute Gasteiger partial charge is 0.907 e. The summed E-state index contributed by atoms with van der Waals surface area (Å²) in [5.41, 5.74) is 0. The maximum absolute atomic E-state index is 8.42. The van der Waals surface area contributed by atoms with Crippen LogP contribution >= 0.6 is 0 Å². The summed E-state index contributed by atoms with van der Waals surface area (Å²) in [5.74, 6) is 0. The van der Waals surface area contributed by atoms with Crippen LogP contribution in [0.4, 0.5) is 0 Å². The number of hydrogen-bond acceptors (Lipinski definition) is 3. The summed E-state index contributed by atoms with van der Waals surface area (Å²) in [5, 5.41) is 25.2. The molecule has 4 radical (unpaired) electrons. The van der Waals surface area contributed by atoms with Gasteiger partial charge in [-0.2, -0.15) is 0 Å². The Morgan fingerprint density at radius 3 is 1.00 bits per heavy atom. The van der Waals surface area contributed by atoms with Crippen molar-refractivity contribution >= 4 is 45.1 Å². The topological polar surface area (TPSA) is 97.7 Å². The van der Waals surface area contributed by atoms with Gasteiger partial charge in [0.2, 0.25) is 0 Å². The van der Waals surface area contributed by atoms with Crippen LogP contribution < -0.4 is 15.1 Å². The van der Waals surface area contributed by atoms with Gasteiger partial charge in [-0.15, -0.1) is 0 Å². The molecule has 0 aliphatic heterocycles. The number of hydrogen-bond donors (Lipinski definition) is 0. The number of rotatable bonds is 0. The molecule has 0 N–H and O–H groups in total. The van der Waals surface area contributed by atoms with Crippen molar-refractivity contribution in [2.45, 2.75) is 0 Å². The Bertz CT molecular complexity index is 16.4. The molecule has 0 aromatic rings. The summed E-state index contributed by atoms with van der Waals surface area (Å²) >= 11 is 0. The third-order valence-electron chi connectivity index (χ3n) is 0. The van der Waals surface area contributed by atoms with Crippen molar-refractivity contribution in [2.75, 3.05) is 0 Å². The first-order valence-corrected chi connectivity index (χ1v) is 0.707. The van der Waals surface area contributed by atoms with Crippen molar-refractivity contribution in [3.8, 4) is 0 Å². The van der Waals surface area contributed by atoms with Gasteiger partial charge in [-0.1, -0.05) is 0 Å². The molecule has 0 aromatic heterocycles. The van der Waals surface area contributed by atoms with Crippen LogP contribution in [-0.4, -0.2) is 45.1 Å². The fraction of sp³-hybridized carbons (Fsp3) is 0. The first kappa shape index (κ1) is 22.6. The zero-order valence-corrected chi connectivity index (χ0v) is 7.93. The monoisotopic (exact) mass is 268 g/mol. The predicted molar refractivity (Wildman–Crippen MR) is 12.2 cm³/mol. The Balaban J connectivity index is -0.0000000150. The standard InChI is InChI=1S/BO3.Ca.Eu.O/c2-1(3)4;;;/q-3;+2;+3;+2. The summed E-state index contributed by atoms with van der Waals surface area (Å²) in [7, 11) is -2.92. The molecule has 0 amide bonds. The second-order valence-corrected chi connectivity index (χ2v) is 0.289. The Morgan fingerprint density at radius 1 is 1.00 bits per heavy atom. The van der Waals surface area contributed by atoms with E-state index in [-0.39, 0.29) is 92.6 Å². The van der Waals surface area contributed by atoms with E-state index in [1.54, 1.807) is 0 Å². The average molecular weight is 267 g/mol. The van der Waals surface area contributed by atoms with Gasteiger partial charge in [-0.3, -0.25) is 7.32 Å². The Morgan fingerprint density at radius 2 is 1.00 bits per heavy atom. The summed E-state index contributed by atoms with van der Waals surface area (Å²) in [6, 6.07) is 0. The first-order chi connectivity index (χ1) is 1.73. The van der Waals surface area contributed by atoms with Crippen LogP contribution in [0.3, 0.4) is 0 Å². The molecule has 0 spiro atoms. The van der Waals surface area contributed by atoms with E-state index < -0.39 is 7.32 Å². The second-order valence-electron chi connectivity index (χ2n) is 0.289. The van der Waals surface area contributed by atoms with Gasteiger partial charge in [0.25, 0.3) is 0 Å². The molecule has 0 aromatic carbocycles. The molecular weight excluding hydrogens is 267 g/mol. The van der Waals surface area contributed by atoms with Crippen molar-refractivity contribution in [3.05, 3.63) is 0 Å². The molecule has 0 rings (SSSR count). The normalized spacial score (nSPS) is 3.86. The molecule has 0 heterocycles. The Labute approximate surface area is 112 Å². The molecule has 4 nitrogen and oxygen atoms in total. The molecular formula is BCaEuO4+4. The van der Waals surface area contributed by atoms with Crippen LogP contribution in [0.15, 0.2) is 0 Å². The van der Waals surface area contributed by atoms with Gasteiger partial charge in [0.05, 0.1) is 0 Å². The average Bonchev–Trinajstić information content (AvgIpc) is 0.811. The van der Waals surface area contributed by atoms with E-state index in [1.165, 1.54) is 0 Å². The van der Waals surface area contributed by atoms with Gasteiger partial charge in [-0.25, -0.2) is 0 Å². The summed E-state index contributed by atoms with van der Waals surface area (Å²) in [6.07, 6.45) is 0. The molecule has 0 unspecified atom stereocenters. The van der Waals surface area contributed by atoms with Crippen LogP contribution in [0, 0.1) is 49.4 Å². The first-order valence-electron chi connectivity index (χ1n) is 0.707. The van der Waals surface area contributed by atoms with Crippen molar-refractivity contribution < 1.29 is 69.9 Å². The van der Waals surface area contributed by atoms with Crippen LogP contribution in [0.5, 0.6) is 0 Å². The molecule has 0 fully saturated rings. The molecule has 7 heteroatoms. The van der Waals surface area contributed by atoms with E-state index >= 15 is 0 Å². The molecule has 0 aliphatic carbocycles. The molecule has 0 aliphatic rings. The third-order valence-corrected chi connectivity index (χ3v) is 0. The van der Waals surface area contributed by atoms with Crippen LogP contribution in [-0.2, 0) is 5.48 Å². The molecule has 0 bridgehead atoms. The summed E-state index contributed by atoms with van der Waals surface area (Å²) in [4.78, 5) is 0. The molecule has 32 valence electrons. The quantitative estimate of drug-likeness (QED) is 0.414. The Kier molecular flexibility index (Phi) is 51.3. The largest absolute Gasteiger partial charge is 3.00 e. The molecule has 0 atom stereocenters. The van der Waals surface area contributed by atoms with Crippen LogP contribution in [0.25, 0.3) is 0 Å². The van der Waals surface area contributed by atoms with Crippen LogP contribution in [0.1, 0.15) is 0 Å². The molecule has 0 saturated carbocycles. The van der Waals surface area contributed by atoms with Gasteiger partial charge < -0.3 is 15.1 Å². The molecule has 0 saturated heterocycles. The van der Waals surface area contributed by atoms with E-state index in [9.17, 15) is 0 Å². The SMILES string of the molecule is [Ca+2].[Eu+3].[O+2].[O-]B([O-])[O-]. The maximum atomic E-state index is 8.42. The third kappa shape index (κ3) is 52.7. The van der Waals surface area contributed by atoms with Gasteiger partial charge in [0.1, 0.15) is 0 Å². The van der Waals surface area contributed by atoms with Crippen molar-refractivity contribution in [1.82, 2.24) is 0 Å². The minimum atomic E-state index is -2.92. The van der Waals surface area contributed by atoms with E-state index in [0.29, 0.717) is 0 Å². The fourth-order valence-electron chi connectivity index (χ4n) is 0. The van der Waals surface area contributed by atoms with E-state index in [0.717, 1.165) is 0 Å². The van der Waals surface area contributed by atoms with Crippen LogP contribution in [0.2, 0.25) is 0 Å². The Hall–Kier alpha value is 2.75. The zero-order chi connectivity index (χ0) is 3.58. The van der Waals surface area contributed by atoms with Gasteiger partial charge in [-0.05, 0) is 0 Å². The van der Waals surface area contributed by atoms with Gasteiger partial charge in [0.15, 0.2) is 0 Å². The predicted octanol–water partition coefficient (Wildman–Crippen LogP) is -4.45.